The summed E-state index contributed by atoms with van der Waals surface area (Å²) in [4.78, 5) is 19.7. The molecule has 0 aliphatic carbocycles. The van der Waals surface area contributed by atoms with Crippen molar-refractivity contribution in [2.45, 2.75) is 0 Å². The number of rotatable bonds is 6. The van der Waals surface area contributed by atoms with Crippen molar-refractivity contribution < 1.29 is 19.0 Å². The van der Waals surface area contributed by atoms with Crippen molar-refractivity contribution in [1.29, 1.82) is 0 Å². The van der Waals surface area contributed by atoms with Crippen LogP contribution in [0, 0.1) is 0 Å². The molecule has 1 aliphatic rings. The lowest BCUT2D eigenvalue weighted by molar-refractivity contribution is -0.113. The number of nitrogens with zero attached hydrogens (tertiary/aromatic N) is 2. The number of benzene rings is 3. The fraction of sp³-hybridized carbons (Fsp3) is 0.120. The fourth-order valence-corrected chi connectivity index (χ4v) is 3.80. The second kappa shape index (κ2) is 9.57. The Kier molecular flexibility index (Phi) is 6.58. The van der Waals surface area contributed by atoms with Gasteiger partial charge in [0.2, 0.25) is 5.75 Å². The fourth-order valence-electron chi connectivity index (χ4n) is 3.50. The molecule has 3 aromatic carbocycles. The van der Waals surface area contributed by atoms with Crippen molar-refractivity contribution >= 4 is 46.7 Å². The zero-order valence-electron chi connectivity index (χ0n) is 18.1. The quantitative estimate of drug-likeness (QED) is 0.413. The van der Waals surface area contributed by atoms with Crippen LogP contribution in [0.5, 0.6) is 17.2 Å². The molecular formula is C25H20Cl2N2O4. The minimum atomic E-state index is -0.305. The van der Waals surface area contributed by atoms with E-state index in [0.29, 0.717) is 44.4 Å². The number of aliphatic imine (C=N–C) groups is 1. The van der Waals surface area contributed by atoms with E-state index in [9.17, 15) is 4.79 Å². The topological polar surface area (TPSA) is 60.4 Å². The van der Waals surface area contributed by atoms with E-state index in [0.717, 1.165) is 5.56 Å². The summed E-state index contributed by atoms with van der Waals surface area (Å²) >= 11 is 12.3. The molecule has 33 heavy (non-hydrogen) atoms. The zero-order valence-corrected chi connectivity index (χ0v) is 19.6. The molecule has 0 atom stereocenters. The van der Waals surface area contributed by atoms with E-state index in [4.69, 9.17) is 37.4 Å². The molecule has 0 fully saturated rings. The average Bonchev–Trinajstić information content (AvgIpc) is 3.16. The molecule has 0 saturated carbocycles. The van der Waals surface area contributed by atoms with E-state index in [1.807, 2.05) is 30.3 Å². The van der Waals surface area contributed by atoms with E-state index in [1.54, 1.807) is 36.4 Å². The molecule has 0 bridgehead atoms. The van der Waals surface area contributed by atoms with Crippen LogP contribution >= 0.6 is 23.2 Å². The number of hydrogen-bond donors (Lipinski definition) is 0. The smallest absolute Gasteiger partial charge is 0.282 e. The lowest BCUT2D eigenvalue weighted by Gasteiger charge is -2.19. The van der Waals surface area contributed by atoms with Gasteiger partial charge in [-0.1, -0.05) is 53.5 Å². The Bertz CT molecular complexity index is 1250. The van der Waals surface area contributed by atoms with Crippen LogP contribution in [0.1, 0.15) is 11.1 Å². The van der Waals surface area contributed by atoms with Crippen molar-refractivity contribution in [2.75, 3.05) is 26.2 Å². The summed E-state index contributed by atoms with van der Waals surface area (Å²) in [5.41, 5.74) is 2.25. The summed E-state index contributed by atoms with van der Waals surface area (Å²) < 4.78 is 16.2. The first-order chi connectivity index (χ1) is 16.0. The lowest BCUT2D eigenvalue weighted by Crippen LogP contribution is -2.32. The maximum atomic E-state index is 13.5. The van der Waals surface area contributed by atoms with Gasteiger partial charge in [-0.3, -0.25) is 9.69 Å². The molecule has 4 rings (SSSR count). The van der Waals surface area contributed by atoms with Gasteiger partial charge in [-0.2, -0.15) is 0 Å². The normalized spacial score (nSPS) is 14.5. The van der Waals surface area contributed by atoms with Crippen LogP contribution in [0.25, 0.3) is 6.08 Å². The number of hydrogen-bond acceptors (Lipinski definition) is 5. The second-order valence-electron chi connectivity index (χ2n) is 7.03. The average molecular weight is 483 g/mol. The van der Waals surface area contributed by atoms with Gasteiger partial charge in [0, 0.05) is 5.56 Å². The van der Waals surface area contributed by atoms with Crippen molar-refractivity contribution in [2.24, 2.45) is 4.99 Å². The number of carbonyl (C=O) groups is 1. The number of carbonyl (C=O) groups excluding carboxylic acids is 1. The van der Waals surface area contributed by atoms with E-state index >= 15 is 0 Å². The molecule has 6 nitrogen and oxygen atoms in total. The van der Waals surface area contributed by atoms with Crippen molar-refractivity contribution in [3.63, 3.8) is 0 Å². The van der Waals surface area contributed by atoms with Gasteiger partial charge in [-0.15, -0.1) is 0 Å². The van der Waals surface area contributed by atoms with Gasteiger partial charge < -0.3 is 14.2 Å². The highest BCUT2D eigenvalue weighted by Crippen LogP contribution is 2.39. The molecule has 0 spiro atoms. The van der Waals surface area contributed by atoms with Crippen molar-refractivity contribution in [3.8, 4) is 17.2 Å². The van der Waals surface area contributed by atoms with Crippen LogP contribution in [0.3, 0.4) is 0 Å². The predicted octanol–water partition coefficient (Wildman–Crippen LogP) is 5.85. The molecule has 1 amide bonds. The first kappa shape index (κ1) is 22.7. The Morgan fingerprint density at radius 1 is 0.848 bits per heavy atom. The Hall–Kier alpha value is -3.48. The number of methoxy groups -OCH3 is 3. The number of anilines is 1. The molecule has 0 unspecified atom stereocenters. The van der Waals surface area contributed by atoms with E-state index in [-0.39, 0.29) is 11.6 Å². The molecule has 0 aromatic heterocycles. The van der Waals surface area contributed by atoms with Crippen LogP contribution in [-0.2, 0) is 4.79 Å². The Labute approximate surface area is 201 Å². The van der Waals surface area contributed by atoms with E-state index in [2.05, 4.69) is 4.99 Å². The monoisotopic (exact) mass is 482 g/mol. The van der Waals surface area contributed by atoms with Gasteiger partial charge in [0.1, 0.15) is 11.5 Å². The third kappa shape index (κ3) is 4.40. The molecule has 1 aliphatic heterocycles. The Balaban J connectivity index is 1.84. The molecule has 0 saturated heterocycles. The molecule has 8 heteroatoms. The third-order valence-corrected chi connectivity index (χ3v) is 5.78. The maximum Gasteiger partial charge on any atom is 0.282 e. The Morgan fingerprint density at radius 3 is 2.09 bits per heavy atom. The van der Waals surface area contributed by atoms with Gasteiger partial charge in [0.15, 0.2) is 11.5 Å². The largest absolute Gasteiger partial charge is 0.493 e. The minimum absolute atomic E-state index is 0.245. The Morgan fingerprint density at radius 2 is 1.52 bits per heavy atom. The summed E-state index contributed by atoms with van der Waals surface area (Å²) in [5, 5.41) is 0.745. The van der Waals surface area contributed by atoms with Crippen molar-refractivity contribution in [3.05, 3.63) is 87.5 Å². The van der Waals surface area contributed by atoms with Gasteiger partial charge in [-0.05, 0) is 42.0 Å². The van der Waals surface area contributed by atoms with Crippen LogP contribution in [0.15, 0.2) is 71.4 Å². The van der Waals surface area contributed by atoms with Crippen molar-refractivity contribution in [1.82, 2.24) is 0 Å². The molecule has 1 heterocycles. The number of amides is 1. The summed E-state index contributed by atoms with van der Waals surface area (Å²) in [7, 11) is 4.60. The molecule has 0 radical (unpaired) electrons. The van der Waals surface area contributed by atoms with Crippen LogP contribution < -0.4 is 19.1 Å². The molecule has 168 valence electrons. The lowest BCUT2D eigenvalue weighted by atomic mass is 10.1. The van der Waals surface area contributed by atoms with Gasteiger partial charge in [0.25, 0.3) is 5.91 Å². The minimum Gasteiger partial charge on any atom is -0.493 e. The highest BCUT2D eigenvalue weighted by atomic mass is 35.5. The van der Waals surface area contributed by atoms with Gasteiger partial charge >= 0.3 is 0 Å². The summed E-state index contributed by atoms with van der Waals surface area (Å²) in [6.45, 7) is 0. The number of halogens is 2. The van der Waals surface area contributed by atoms with Gasteiger partial charge in [0.05, 0.1) is 37.1 Å². The first-order valence-corrected chi connectivity index (χ1v) is 10.7. The van der Waals surface area contributed by atoms with Crippen LogP contribution in [-0.4, -0.2) is 33.1 Å². The second-order valence-corrected chi connectivity index (χ2v) is 7.84. The highest BCUT2D eigenvalue weighted by molar-refractivity contribution is 6.42. The number of ether oxygens (including phenoxy) is 3. The van der Waals surface area contributed by atoms with E-state index in [1.165, 1.54) is 26.2 Å². The third-order valence-electron chi connectivity index (χ3n) is 5.04. The molecule has 0 N–H and O–H groups in total. The van der Waals surface area contributed by atoms with Crippen LogP contribution in [0.2, 0.25) is 10.0 Å². The number of amidine groups is 1. The first-order valence-electron chi connectivity index (χ1n) is 9.92. The predicted molar refractivity (Wildman–Crippen MR) is 131 cm³/mol. The summed E-state index contributed by atoms with van der Waals surface area (Å²) in [5.74, 6) is 1.59. The highest BCUT2D eigenvalue weighted by Gasteiger charge is 2.33. The van der Waals surface area contributed by atoms with Gasteiger partial charge in [-0.25, -0.2) is 4.99 Å². The molecular weight excluding hydrogens is 463 g/mol. The molecule has 3 aromatic rings. The van der Waals surface area contributed by atoms with Crippen LogP contribution in [0.4, 0.5) is 5.69 Å². The SMILES string of the molecule is COc1cc(/C=C2\N=C(c3ccccc3)N(c3ccc(Cl)c(Cl)c3)C2=O)cc(OC)c1OC. The zero-order chi connectivity index (χ0) is 23.5. The standard InChI is InChI=1S/C25H20Cl2N2O4/c1-31-21-12-15(13-22(32-2)23(21)33-3)11-20-25(30)29(17-9-10-18(26)19(27)14-17)24(28-20)16-7-5-4-6-8-16/h4-14H,1-3H3/b20-11-. The summed E-state index contributed by atoms with van der Waals surface area (Å²) in [6.07, 6.45) is 1.67. The maximum absolute atomic E-state index is 13.5. The van der Waals surface area contributed by atoms with E-state index < -0.39 is 0 Å². The summed E-state index contributed by atoms with van der Waals surface area (Å²) in [6, 6.07) is 18.0.